The number of aromatic amines is 1. The Hall–Kier alpha value is -3.63. The highest BCUT2D eigenvalue weighted by molar-refractivity contribution is 5.88. The van der Waals surface area contributed by atoms with Gasteiger partial charge in [0.1, 0.15) is 0 Å². The van der Waals surface area contributed by atoms with Crippen molar-refractivity contribution in [3.63, 3.8) is 0 Å². The first-order chi connectivity index (χ1) is 15.7. The Kier molecular flexibility index (Phi) is 5.61. The second-order valence-electron chi connectivity index (χ2n) is 8.33. The molecule has 5 rings (SSSR count). The fourth-order valence-electron chi connectivity index (χ4n) is 4.71. The number of nitrogens with one attached hydrogen (secondary N) is 2. The van der Waals surface area contributed by atoms with Crippen LogP contribution in [0.15, 0.2) is 84.9 Å². The highest BCUT2D eigenvalue weighted by Gasteiger charge is 2.30. The first-order valence-corrected chi connectivity index (χ1v) is 11.1. The third kappa shape index (κ3) is 4.10. The van der Waals surface area contributed by atoms with Crippen LogP contribution < -0.4 is 5.32 Å². The SMILES string of the molecule is CC(=O)Nc1ccc(/C=C/CN2CCc3c([nH]c4ccccc34)C2c2ccccc2)cc1. The van der Waals surface area contributed by atoms with Gasteiger partial charge in [0.25, 0.3) is 0 Å². The monoisotopic (exact) mass is 421 g/mol. The van der Waals surface area contributed by atoms with E-state index in [1.165, 1.54) is 34.6 Å². The topological polar surface area (TPSA) is 48.1 Å². The summed E-state index contributed by atoms with van der Waals surface area (Å²) in [6, 6.07) is 27.5. The van der Waals surface area contributed by atoms with Crippen molar-refractivity contribution in [2.75, 3.05) is 18.4 Å². The number of benzene rings is 3. The van der Waals surface area contributed by atoms with Crippen LogP contribution in [0.2, 0.25) is 0 Å². The summed E-state index contributed by atoms with van der Waals surface area (Å²) in [5.41, 5.74) is 7.24. The standard InChI is InChI=1S/C28H27N3O/c1-20(32)29-23-15-13-21(14-16-23)8-7-18-31-19-17-25-24-11-5-6-12-26(24)30-27(25)28(31)22-9-3-2-4-10-22/h2-16,28,30H,17-19H2,1H3,(H,29,32)/b8-7+. The number of carbonyl (C=O) groups excluding carboxylic acids is 1. The maximum absolute atomic E-state index is 11.2. The number of nitrogens with zero attached hydrogens (tertiary/aromatic N) is 1. The third-order valence-electron chi connectivity index (χ3n) is 6.13. The van der Waals surface area contributed by atoms with Gasteiger partial charge in [-0.3, -0.25) is 9.69 Å². The van der Waals surface area contributed by atoms with Gasteiger partial charge in [0.05, 0.1) is 6.04 Å². The predicted molar refractivity (Wildman–Crippen MR) is 132 cm³/mol. The van der Waals surface area contributed by atoms with E-state index in [9.17, 15) is 4.79 Å². The number of aromatic nitrogens is 1. The number of hydrogen-bond donors (Lipinski definition) is 2. The molecule has 32 heavy (non-hydrogen) atoms. The molecule has 1 unspecified atom stereocenters. The molecule has 4 aromatic rings. The van der Waals surface area contributed by atoms with E-state index in [4.69, 9.17) is 0 Å². The molecular formula is C28H27N3O. The Balaban J connectivity index is 1.40. The highest BCUT2D eigenvalue weighted by Crippen LogP contribution is 2.38. The molecule has 0 saturated carbocycles. The van der Waals surface area contributed by atoms with Crippen LogP contribution in [-0.2, 0) is 11.2 Å². The molecule has 4 nitrogen and oxygen atoms in total. The minimum atomic E-state index is -0.0540. The van der Waals surface area contributed by atoms with Crippen molar-refractivity contribution in [3.8, 4) is 0 Å². The van der Waals surface area contributed by atoms with Gasteiger partial charge in [-0.1, -0.05) is 72.8 Å². The summed E-state index contributed by atoms with van der Waals surface area (Å²) in [6.45, 7) is 3.40. The number of rotatable bonds is 5. The predicted octanol–water partition coefficient (Wildman–Crippen LogP) is 5.79. The third-order valence-corrected chi connectivity index (χ3v) is 6.13. The zero-order chi connectivity index (χ0) is 21.9. The lowest BCUT2D eigenvalue weighted by atomic mass is 9.92. The molecule has 2 N–H and O–H groups in total. The molecule has 4 heteroatoms. The molecule has 1 aromatic heterocycles. The lowest BCUT2D eigenvalue weighted by Gasteiger charge is -2.35. The lowest BCUT2D eigenvalue weighted by molar-refractivity contribution is -0.114. The first-order valence-electron chi connectivity index (χ1n) is 11.1. The van der Waals surface area contributed by atoms with Crippen LogP contribution in [0.3, 0.4) is 0 Å². The van der Waals surface area contributed by atoms with Crippen molar-refractivity contribution in [2.45, 2.75) is 19.4 Å². The van der Waals surface area contributed by atoms with E-state index in [0.29, 0.717) is 0 Å². The van der Waals surface area contributed by atoms with E-state index >= 15 is 0 Å². The van der Waals surface area contributed by atoms with E-state index in [0.717, 1.165) is 30.8 Å². The van der Waals surface area contributed by atoms with Gasteiger partial charge in [0.2, 0.25) is 5.91 Å². The zero-order valence-corrected chi connectivity index (χ0v) is 18.2. The van der Waals surface area contributed by atoms with E-state index in [2.05, 4.69) is 82.0 Å². The Bertz CT molecular complexity index is 1260. The number of anilines is 1. The summed E-state index contributed by atoms with van der Waals surface area (Å²) in [4.78, 5) is 17.5. The van der Waals surface area contributed by atoms with Gasteiger partial charge in [-0.2, -0.15) is 0 Å². The summed E-state index contributed by atoms with van der Waals surface area (Å²) in [5, 5.41) is 4.15. The van der Waals surface area contributed by atoms with Crippen molar-refractivity contribution in [1.82, 2.24) is 9.88 Å². The lowest BCUT2D eigenvalue weighted by Crippen LogP contribution is -2.36. The summed E-state index contributed by atoms with van der Waals surface area (Å²) >= 11 is 0. The van der Waals surface area contributed by atoms with Crippen molar-refractivity contribution >= 4 is 28.6 Å². The molecule has 1 atom stereocenters. The van der Waals surface area contributed by atoms with Gasteiger partial charge in [-0.25, -0.2) is 0 Å². The minimum absolute atomic E-state index is 0.0540. The average Bonchev–Trinajstić information content (AvgIpc) is 3.19. The van der Waals surface area contributed by atoms with Crippen LogP contribution in [0, 0.1) is 0 Å². The zero-order valence-electron chi connectivity index (χ0n) is 18.2. The second kappa shape index (κ2) is 8.85. The maximum Gasteiger partial charge on any atom is 0.221 e. The Morgan fingerprint density at radius 1 is 1.03 bits per heavy atom. The molecule has 0 saturated heterocycles. The number of amides is 1. The Morgan fingerprint density at radius 3 is 2.56 bits per heavy atom. The molecule has 1 aliphatic heterocycles. The van der Waals surface area contributed by atoms with E-state index in [1.807, 2.05) is 24.3 Å². The molecular weight excluding hydrogens is 394 g/mol. The summed E-state index contributed by atoms with van der Waals surface area (Å²) in [6.07, 6.45) is 5.43. The van der Waals surface area contributed by atoms with Crippen LogP contribution in [0.25, 0.3) is 17.0 Å². The molecule has 0 bridgehead atoms. The van der Waals surface area contributed by atoms with Crippen LogP contribution >= 0.6 is 0 Å². The quantitative estimate of drug-likeness (QED) is 0.429. The van der Waals surface area contributed by atoms with E-state index in [-0.39, 0.29) is 11.9 Å². The fourth-order valence-corrected chi connectivity index (χ4v) is 4.71. The van der Waals surface area contributed by atoms with Crippen LogP contribution in [0.4, 0.5) is 5.69 Å². The van der Waals surface area contributed by atoms with Crippen LogP contribution in [-0.4, -0.2) is 28.9 Å². The molecule has 0 spiro atoms. The van der Waals surface area contributed by atoms with E-state index < -0.39 is 0 Å². The number of carbonyl (C=O) groups is 1. The van der Waals surface area contributed by atoms with Crippen LogP contribution in [0.5, 0.6) is 0 Å². The Morgan fingerprint density at radius 2 is 1.78 bits per heavy atom. The van der Waals surface area contributed by atoms with Crippen LogP contribution in [0.1, 0.15) is 35.3 Å². The molecule has 1 amide bonds. The molecule has 0 fully saturated rings. The molecule has 2 heterocycles. The molecule has 1 aliphatic rings. The van der Waals surface area contributed by atoms with Gasteiger partial charge in [0, 0.05) is 42.3 Å². The van der Waals surface area contributed by atoms with Crippen molar-refractivity contribution in [2.24, 2.45) is 0 Å². The average molecular weight is 422 g/mol. The molecule has 3 aromatic carbocycles. The first kappa shape index (κ1) is 20.3. The molecule has 0 aliphatic carbocycles. The number of fused-ring (bicyclic) bond motifs is 3. The largest absolute Gasteiger partial charge is 0.357 e. The molecule has 160 valence electrons. The van der Waals surface area contributed by atoms with Gasteiger partial charge in [-0.15, -0.1) is 0 Å². The van der Waals surface area contributed by atoms with E-state index in [1.54, 1.807) is 0 Å². The maximum atomic E-state index is 11.2. The van der Waals surface area contributed by atoms with Crippen molar-refractivity contribution in [3.05, 3.63) is 107 Å². The molecule has 0 radical (unpaired) electrons. The summed E-state index contributed by atoms with van der Waals surface area (Å²) in [7, 11) is 0. The number of H-pyrrole nitrogens is 1. The van der Waals surface area contributed by atoms with Gasteiger partial charge >= 0.3 is 0 Å². The highest BCUT2D eigenvalue weighted by atomic mass is 16.1. The Labute approximate surface area is 188 Å². The number of para-hydroxylation sites is 1. The van der Waals surface area contributed by atoms with Crippen molar-refractivity contribution < 1.29 is 4.79 Å². The normalized spacial score (nSPS) is 16.3. The van der Waals surface area contributed by atoms with Gasteiger partial charge < -0.3 is 10.3 Å². The summed E-state index contributed by atoms with van der Waals surface area (Å²) in [5.74, 6) is -0.0540. The van der Waals surface area contributed by atoms with Gasteiger partial charge in [0.15, 0.2) is 0 Å². The smallest absolute Gasteiger partial charge is 0.221 e. The second-order valence-corrected chi connectivity index (χ2v) is 8.33. The minimum Gasteiger partial charge on any atom is -0.357 e. The fraction of sp³-hybridized carbons (Fsp3) is 0.179. The summed E-state index contributed by atoms with van der Waals surface area (Å²) < 4.78 is 0. The number of hydrogen-bond acceptors (Lipinski definition) is 2. The van der Waals surface area contributed by atoms with Crippen molar-refractivity contribution in [1.29, 1.82) is 0 Å². The van der Waals surface area contributed by atoms with Gasteiger partial charge in [-0.05, 0) is 41.3 Å².